The van der Waals surface area contributed by atoms with E-state index in [1.54, 1.807) is 0 Å². The minimum absolute atomic E-state index is 0.0653. The fourth-order valence-electron chi connectivity index (χ4n) is 3.24. The highest BCUT2D eigenvalue weighted by molar-refractivity contribution is 4.87. The van der Waals surface area contributed by atoms with Gasteiger partial charge in [-0.1, -0.05) is 19.8 Å². The molecule has 1 aliphatic carbocycles. The summed E-state index contributed by atoms with van der Waals surface area (Å²) in [6.07, 6.45) is 7.16. The smallest absolute Gasteiger partial charge is 0.0695 e. The predicted octanol–water partition coefficient (Wildman–Crippen LogP) is 1.36. The van der Waals surface area contributed by atoms with E-state index in [2.05, 4.69) is 17.1 Å². The van der Waals surface area contributed by atoms with Crippen molar-refractivity contribution < 1.29 is 5.11 Å². The summed E-state index contributed by atoms with van der Waals surface area (Å²) in [4.78, 5) is 2.53. The van der Waals surface area contributed by atoms with Crippen LogP contribution in [0, 0.1) is 0 Å². The second kappa shape index (κ2) is 5.99. The van der Waals surface area contributed by atoms with E-state index in [0.29, 0.717) is 12.1 Å². The summed E-state index contributed by atoms with van der Waals surface area (Å²) in [5.74, 6) is 0. The Kier molecular flexibility index (Phi) is 4.62. The molecule has 0 amide bonds. The maximum Gasteiger partial charge on any atom is 0.0695 e. The first-order valence-corrected chi connectivity index (χ1v) is 6.96. The molecule has 0 spiro atoms. The second-order valence-electron chi connectivity index (χ2n) is 5.29. The molecule has 2 N–H and O–H groups in total. The molecule has 1 aliphatic heterocycles. The van der Waals surface area contributed by atoms with Gasteiger partial charge in [-0.3, -0.25) is 4.90 Å². The van der Waals surface area contributed by atoms with E-state index >= 15 is 0 Å². The Morgan fingerprint density at radius 3 is 2.44 bits per heavy atom. The number of hydrogen-bond donors (Lipinski definition) is 2. The van der Waals surface area contributed by atoms with Crippen LogP contribution in [0.15, 0.2) is 0 Å². The van der Waals surface area contributed by atoms with Gasteiger partial charge in [0, 0.05) is 25.2 Å². The lowest BCUT2D eigenvalue weighted by atomic mass is 9.89. The van der Waals surface area contributed by atoms with Gasteiger partial charge in [-0.05, 0) is 32.2 Å². The largest absolute Gasteiger partial charge is 0.391 e. The van der Waals surface area contributed by atoms with Crippen LogP contribution in [0.25, 0.3) is 0 Å². The van der Waals surface area contributed by atoms with E-state index < -0.39 is 0 Å². The van der Waals surface area contributed by atoms with Crippen LogP contribution in [-0.2, 0) is 0 Å². The highest BCUT2D eigenvalue weighted by Crippen LogP contribution is 2.25. The number of hydrogen-bond acceptors (Lipinski definition) is 3. The van der Waals surface area contributed by atoms with Crippen molar-refractivity contribution in [3.8, 4) is 0 Å². The molecule has 2 rings (SSSR count). The Morgan fingerprint density at radius 1 is 1.12 bits per heavy atom. The third kappa shape index (κ3) is 2.96. The molecular formula is C13H26N2O. The molecular weight excluding hydrogens is 200 g/mol. The predicted molar refractivity (Wildman–Crippen MR) is 66.5 cm³/mol. The number of likely N-dealkylation sites (tertiary alicyclic amines) is 1. The van der Waals surface area contributed by atoms with E-state index in [-0.39, 0.29) is 6.10 Å². The van der Waals surface area contributed by atoms with Crippen LogP contribution in [0.1, 0.15) is 45.4 Å². The van der Waals surface area contributed by atoms with Crippen molar-refractivity contribution in [1.29, 1.82) is 0 Å². The number of aliphatic hydroxyl groups excluding tert-OH is 1. The van der Waals surface area contributed by atoms with Crippen molar-refractivity contribution in [1.82, 2.24) is 10.2 Å². The summed E-state index contributed by atoms with van der Waals surface area (Å²) in [7, 11) is 0. The molecule has 0 aromatic rings. The highest BCUT2D eigenvalue weighted by atomic mass is 16.3. The summed E-state index contributed by atoms with van der Waals surface area (Å²) in [5, 5.41) is 13.6. The van der Waals surface area contributed by atoms with Gasteiger partial charge in [-0.25, -0.2) is 0 Å². The Bertz CT molecular complexity index is 202. The quantitative estimate of drug-likeness (QED) is 0.763. The molecule has 1 saturated carbocycles. The highest BCUT2D eigenvalue weighted by Gasteiger charge is 2.30. The van der Waals surface area contributed by atoms with Gasteiger partial charge in [-0.15, -0.1) is 0 Å². The lowest BCUT2D eigenvalue weighted by Gasteiger charge is -2.41. The summed E-state index contributed by atoms with van der Waals surface area (Å²) in [5.41, 5.74) is 0. The molecule has 94 valence electrons. The zero-order valence-corrected chi connectivity index (χ0v) is 10.5. The van der Waals surface area contributed by atoms with Gasteiger partial charge in [0.15, 0.2) is 0 Å². The monoisotopic (exact) mass is 226 g/mol. The second-order valence-corrected chi connectivity index (χ2v) is 5.29. The van der Waals surface area contributed by atoms with Gasteiger partial charge in [0.2, 0.25) is 0 Å². The maximum atomic E-state index is 10.0. The molecule has 2 fully saturated rings. The molecule has 2 atom stereocenters. The molecule has 0 bridgehead atoms. The molecule has 16 heavy (non-hydrogen) atoms. The topological polar surface area (TPSA) is 35.5 Å². The molecule has 3 heteroatoms. The van der Waals surface area contributed by atoms with Gasteiger partial charge in [-0.2, -0.15) is 0 Å². The minimum Gasteiger partial charge on any atom is -0.391 e. The number of nitrogens with one attached hydrogen (secondary N) is 1. The lowest BCUT2D eigenvalue weighted by Crippen LogP contribution is -2.51. The molecule has 1 heterocycles. The van der Waals surface area contributed by atoms with Gasteiger partial charge in [0.25, 0.3) is 0 Å². The average molecular weight is 226 g/mol. The molecule has 1 saturated heterocycles. The lowest BCUT2D eigenvalue weighted by molar-refractivity contribution is 0.00732. The molecule has 0 radical (unpaired) electrons. The van der Waals surface area contributed by atoms with Crippen LogP contribution < -0.4 is 5.32 Å². The van der Waals surface area contributed by atoms with Crippen molar-refractivity contribution in [2.24, 2.45) is 0 Å². The van der Waals surface area contributed by atoms with Crippen molar-refractivity contribution in [3.63, 3.8) is 0 Å². The Balaban J connectivity index is 1.79. The van der Waals surface area contributed by atoms with Crippen molar-refractivity contribution in [3.05, 3.63) is 0 Å². The van der Waals surface area contributed by atoms with Crippen LogP contribution in [0.2, 0.25) is 0 Å². The standard InChI is InChI=1S/C13H26N2O/c1-2-14-11-7-9-15(10-8-11)12-5-3-4-6-13(12)16/h11-14,16H,2-10H2,1H3. The molecule has 0 aromatic carbocycles. The first kappa shape index (κ1) is 12.3. The molecule has 2 aliphatic rings. The number of nitrogens with zero attached hydrogens (tertiary/aromatic N) is 1. The van der Waals surface area contributed by atoms with E-state index in [9.17, 15) is 5.11 Å². The summed E-state index contributed by atoms with van der Waals surface area (Å²) in [6.45, 7) is 5.59. The SMILES string of the molecule is CCNC1CCN(C2CCCCC2O)CC1. The fourth-order valence-corrected chi connectivity index (χ4v) is 3.24. The summed E-state index contributed by atoms with van der Waals surface area (Å²) >= 11 is 0. The van der Waals surface area contributed by atoms with Crippen LogP contribution in [0.4, 0.5) is 0 Å². The number of piperidine rings is 1. The zero-order valence-electron chi connectivity index (χ0n) is 10.5. The minimum atomic E-state index is -0.0653. The Hall–Kier alpha value is -0.120. The van der Waals surface area contributed by atoms with Gasteiger partial charge in [0.05, 0.1) is 6.10 Å². The Morgan fingerprint density at radius 2 is 1.81 bits per heavy atom. The first-order valence-electron chi connectivity index (χ1n) is 6.96. The van der Waals surface area contributed by atoms with E-state index in [1.165, 1.54) is 45.2 Å². The van der Waals surface area contributed by atoms with E-state index in [4.69, 9.17) is 0 Å². The van der Waals surface area contributed by atoms with Crippen molar-refractivity contribution in [2.45, 2.75) is 63.6 Å². The van der Waals surface area contributed by atoms with E-state index in [1.807, 2.05) is 0 Å². The third-order valence-electron chi connectivity index (χ3n) is 4.19. The fraction of sp³-hybridized carbons (Fsp3) is 1.00. The van der Waals surface area contributed by atoms with Crippen LogP contribution in [0.5, 0.6) is 0 Å². The van der Waals surface area contributed by atoms with E-state index in [0.717, 1.165) is 13.0 Å². The van der Waals surface area contributed by atoms with Crippen LogP contribution in [0.3, 0.4) is 0 Å². The third-order valence-corrected chi connectivity index (χ3v) is 4.19. The zero-order chi connectivity index (χ0) is 11.4. The normalized spacial score (nSPS) is 34.1. The van der Waals surface area contributed by atoms with Crippen molar-refractivity contribution >= 4 is 0 Å². The number of aliphatic hydroxyl groups is 1. The van der Waals surface area contributed by atoms with Gasteiger partial charge in [0.1, 0.15) is 0 Å². The molecule has 0 aromatic heterocycles. The summed E-state index contributed by atoms with van der Waals surface area (Å²) < 4.78 is 0. The average Bonchev–Trinajstić information content (AvgIpc) is 2.31. The number of rotatable bonds is 3. The van der Waals surface area contributed by atoms with Crippen LogP contribution in [-0.4, -0.2) is 47.8 Å². The maximum absolute atomic E-state index is 10.0. The Labute approximate surface area is 99.2 Å². The molecule has 2 unspecified atom stereocenters. The van der Waals surface area contributed by atoms with Gasteiger partial charge < -0.3 is 10.4 Å². The van der Waals surface area contributed by atoms with Crippen LogP contribution >= 0.6 is 0 Å². The van der Waals surface area contributed by atoms with Crippen molar-refractivity contribution in [2.75, 3.05) is 19.6 Å². The first-order chi connectivity index (χ1) is 7.81. The van der Waals surface area contributed by atoms with Gasteiger partial charge >= 0.3 is 0 Å². The summed E-state index contributed by atoms with van der Waals surface area (Å²) in [6, 6.07) is 1.17. The molecule has 3 nitrogen and oxygen atoms in total.